The van der Waals surface area contributed by atoms with Gasteiger partial charge in [0.1, 0.15) is 0 Å². The van der Waals surface area contributed by atoms with Gasteiger partial charge in [-0.15, -0.1) is 0 Å². The Balaban J connectivity index is 1.92. The minimum absolute atomic E-state index is 0.512. The molecular weight excluding hydrogens is 270 g/mol. The van der Waals surface area contributed by atoms with Crippen LogP contribution >= 0.6 is 11.8 Å². The molecular formula is C15H13N3OS. The van der Waals surface area contributed by atoms with Crippen LogP contribution in [0.15, 0.2) is 53.3 Å². The van der Waals surface area contributed by atoms with Gasteiger partial charge in [0.05, 0.1) is 0 Å². The van der Waals surface area contributed by atoms with Gasteiger partial charge in [0, 0.05) is 29.3 Å². The summed E-state index contributed by atoms with van der Waals surface area (Å²) in [5.41, 5.74) is 3.10. The SMILES string of the molecule is CSCc1cccc(-c2noc(-c3ccncc3)n2)c1. The Morgan fingerprint density at radius 1 is 1.10 bits per heavy atom. The van der Waals surface area contributed by atoms with E-state index in [4.69, 9.17) is 4.52 Å². The van der Waals surface area contributed by atoms with E-state index in [0.29, 0.717) is 11.7 Å². The number of nitrogens with zero attached hydrogens (tertiary/aromatic N) is 3. The van der Waals surface area contributed by atoms with E-state index in [-0.39, 0.29) is 0 Å². The second kappa shape index (κ2) is 5.88. The normalized spacial score (nSPS) is 10.7. The van der Waals surface area contributed by atoms with E-state index in [0.717, 1.165) is 16.9 Å². The zero-order valence-corrected chi connectivity index (χ0v) is 11.8. The van der Waals surface area contributed by atoms with E-state index in [1.807, 2.05) is 24.3 Å². The highest BCUT2D eigenvalue weighted by Crippen LogP contribution is 2.23. The number of benzene rings is 1. The van der Waals surface area contributed by atoms with Crippen LogP contribution in [-0.4, -0.2) is 21.4 Å². The molecule has 0 aliphatic heterocycles. The summed E-state index contributed by atoms with van der Waals surface area (Å²) in [7, 11) is 0. The molecule has 0 fully saturated rings. The van der Waals surface area contributed by atoms with Gasteiger partial charge in [-0.2, -0.15) is 16.7 Å². The number of aromatic nitrogens is 3. The van der Waals surface area contributed by atoms with Crippen LogP contribution < -0.4 is 0 Å². The monoisotopic (exact) mass is 283 g/mol. The summed E-state index contributed by atoms with van der Waals surface area (Å²) in [5.74, 6) is 2.10. The Hall–Kier alpha value is -2.14. The molecule has 1 aromatic carbocycles. The lowest BCUT2D eigenvalue weighted by atomic mass is 10.1. The van der Waals surface area contributed by atoms with Gasteiger partial charge in [0.25, 0.3) is 5.89 Å². The topological polar surface area (TPSA) is 51.8 Å². The molecule has 2 aromatic heterocycles. The number of hydrogen-bond donors (Lipinski definition) is 0. The third kappa shape index (κ3) is 2.72. The Morgan fingerprint density at radius 3 is 2.75 bits per heavy atom. The summed E-state index contributed by atoms with van der Waals surface area (Å²) in [5, 5.41) is 4.05. The van der Waals surface area contributed by atoms with Gasteiger partial charge < -0.3 is 4.52 Å². The minimum atomic E-state index is 0.512. The molecule has 0 radical (unpaired) electrons. The van der Waals surface area contributed by atoms with Crippen molar-refractivity contribution < 1.29 is 4.52 Å². The average Bonchev–Trinajstić information content (AvgIpc) is 2.99. The quantitative estimate of drug-likeness (QED) is 0.731. The molecule has 0 atom stereocenters. The van der Waals surface area contributed by atoms with Crippen molar-refractivity contribution >= 4 is 11.8 Å². The van der Waals surface area contributed by atoms with Crippen molar-refractivity contribution in [2.45, 2.75) is 5.75 Å². The second-order valence-electron chi connectivity index (χ2n) is 4.29. The van der Waals surface area contributed by atoms with Crippen molar-refractivity contribution in [2.24, 2.45) is 0 Å². The zero-order valence-electron chi connectivity index (χ0n) is 11.0. The Labute approximate surface area is 121 Å². The third-order valence-electron chi connectivity index (χ3n) is 2.85. The summed E-state index contributed by atoms with van der Waals surface area (Å²) < 4.78 is 5.31. The van der Waals surface area contributed by atoms with E-state index in [1.54, 1.807) is 24.2 Å². The largest absolute Gasteiger partial charge is 0.334 e. The maximum Gasteiger partial charge on any atom is 0.258 e. The molecule has 5 heteroatoms. The van der Waals surface area contributed by atoms with Crippen LogP contribution in [-0.2, 0) is 5.75 Å². The number of hydrogen-bond acceptors (Lipinski definition) is 5. The summed E-state index contributed by atoms with van der Waals surface area (Å²) in [6.45, 7) is 0. The van der Waals surface area contributed by atoms with Gasteiger partial charge in [0.15, 0.2) is 0 Å². The van der Waals surface area contributed by atoms with Crippen molar-refractivity contribution in [3.63, 3.8) is 0 Å². The fourth-order valence-corrected chi connectivity index (χ4v) is 2.43. The first kappa shape index (κ1) is 12.9. The van der Waals surface area contributed by atoms with E-state index >= 15 is 0 Å². The molecule has 0 bridgehead atoms. The number of pyridine rings is 1. The predicted octanol–water partition coefficient (Wildman–Crippen LogP) is 3.66. The first-order valence-corrected chi connectivity index (χ1v) is 7.58. The van der Waals surface area contributed by atoms with Gasteiger partial charge >= 0.3 is 0 Å². The van der Waals surface area contributed by atoms with Crippen molar-refractivity contribution in [3.05, 3.63) is 54.4 Å². The zero-order chi connectivity index (χ0) is 13.8. The molecule has 100 valence electrons. The van der Waals surface area contributed by atoms with Crippen molar-refractivity contribution in [3.8, 4) is 22.8 Å². The molecule has 0 aliphatic carbocycles. The summed E-state index contributed by atoms with van der Waals surface area (Å²) >= 11 is 1.79. The van der Waals surface area contributed by atoms with E-state index in [2.05, 4.69) is 33.5 Å². The molecule has 0 unspecified atom stereocenters. The second-order valence-corrected chi connectivity index (χ2v) is 5.16. The van der Waals surface area contributed by atoms with E-state index in [1.165, 1.54) is 5.56 Å². The molecule has 0 saturated heterocycles. The molecule has 3 rings (SSSR count). The Bertz CT molecular complexity index is 697. The van der Waals surface area contributed by atoms with Crippen LogP contribution in [0.25, 0.3) is 22.8 Å². The molecule has 2 heterocycles. The number of rotatable bonds is 4. The maximum absolute atomic E-state index is 5.31. The highest BCUT2D eigenvalue weighted by molar-refractivity contribution is 7.97. The molecule has 0 N–H and O–H groups in total. The fraction of sp³-hybridized carbons (Fsp3) is 0.133. The van der Waals surface area contributed by atoms with Gasteiger partial charge in [0.2, 0.25) is 5.82 Å². The van der Waals surface area contributed by atoms with Gasteiger partial charge in [-0.05, 0) is 30.0 Å². The molecule has 0 amide bonds. The van der Waals surface area contributed by atoms with Crippen LogP contribution in [0, 0.1) is 0 Å². The van der Waals surface area contributed by atoms with Gasteiger partial charge in [-0.3, -0.25) is 4.98 Å². The lowest BCUT2D eigenvalue weighted by Crippen LogP contribution is -1.85. The van der Waals surface area contributed by atoms with E-state index in [9.17, 15) is 0 Å². The molecule has 3 aromatic rings. The lowest BCUT2D eigenvalue weighted by molar-refractivity contribution is 0.432. The van der Waals surface area contributed by atoms with Crippen LogP contribution in [0.3, 0.4) is 0 Å². The molecule has 0 aliphatic rings. The summed E-state index contributed by atoms with van der Waals surface area (Å²) in [4.78, 5) is 8.42. The van der Waals surface area contributed by atoms with Gasteiger partial charge in [-0.25, -0.2) is 0 Å². The Kier molecular flexibility index (Phi) is 3.78. The summed E-state index contributed by atoms with van der Waals surface area (Å²) in [6.07, 6.45) is 5.50. The molecule has 20 heavy (non-hydrogen) atoms. The highest BCUT2D eigenvalue weighted by atomic mass is 32.2. The first-order valence-electron chi connectivity index (χ1n) is 6.19. The van der Waals surface area contributed by atoms with Gasteiger partial charge in [-0.1, -0.05) is 23.4 Å². The first-order chi connectivity index (χ1) is 9.86. The van der Waals surface area contributed by atoms with Crippen LogP contribution in [0.2, 0.25) is 0 Å². The molecule has 4 nitrogen and oxygen atoms in total. The third-order valence-corrected chi connectivity index (χ3v) is 3.47. The fourth-order valence-electron chi connectivity index (χ4n) is 1.92. The Morgan fingerprint density at radius 2 is 1.95 bits per heavy atom. The van der Waals surface area contributed by atoms with Crippen molar-refractivity contribution in [1.82, 2.24) is 15.1 Å². The van der Waals surface area contributed by atoms with Crippen molar-refractivity contribution in [1.29, 1.82) is 0 Å². The summed E-state index contributed by atoms with van der Waals surface area (Å²) in [6, 6.07) is 11.9. The lowest BCUT2D eigenvalue weighted by Gasteiger charge is -1.99. The van der Waals surface area contributed by atoms with E-state index < -0.39 is 0 Å². The smallest absolute Gasteiger partial charge is 0.258 e. The average molecular weight is 283 g/mol. The highest BCUT2D eigenvalue weighted by Gasteiger charge is 2.10. The van der Waals surface area contributed by atoms with Crippen LogP contribution in [0.4, 0.5) is 0 Å². The standard InChI is InChI=1S/C15H13N3OS/c1-20-10-11-3-2-4-13(9-11)14-17-15(19-18-14)12-5-7-16-8-6-12/h2-9H,10H2,1H3. The van der Waals surface area contributed by atoms with Crippen LogP contribution in [0.5, 0.6) is 0 Å². The van der Waals surface area contributed by atoms with Crippen molar-refractivity contribution in [2.75, 3.05) is 6.26 Å². The van der Waals surface area contributed by atoms with Crippen LogP contribution in [0.1, 0.15) is 5.56 Å². The maximum atomic E-state index is 5.31. The molecule has 0 spiro atoms. The molecule has 0 saturated carbocycles. The predicted molar refractivity (Wildman–Crippen MR) is 80.2 cm³/mol. The minimum Gasteiger partial charge on any atom is -0.334 e. The number of thioether (sulfide) groups is 1.